The van der Waals surface area contributed by atoms with Crippen molar-refractivity contribution in [2.45, 2.75) is 5.88 Å². The van der Waals surface area contributed by atoms with Gasteiger partial charge in [0.1, 0.15) is 12.0 Å². The molecule has 0 aliphatic carbocycles. The molecule has 0 spiro atoms. The lowest BCUT2D eigenvalue weighted by molar-refractivity contribution is 0.201. The SMILES string of the molecule is CNC(=O)Oc1coc(CCl)cc1=O. The third-order valence-electron chi connectivity index (χ3n) is 1.39. The third kappa shape index (κ3) is 2.50. The standard InChI is InChI=1S/C8H8ClNO4/c1-10-8(12)14-7-4-13-5(3-9)2-6(7)11/h2,4H,3H2,1H3,(H,10,12). The van der Waals surface area contributed by atoms with Crippen LogP contribution in [-0.4, -0.2) is 13.1 Å². The topological polar surface area (TPSA) is 68.5 Å². The van der Waals surface area contributed by atoms with E-state index in [4.69, 9.17) is 16.0 Å². The molecule has 1 aromatic heterocycles. The molecule has 0 saturated heterocycles. The van der Waals surface area contributed by atoms with E-state index < -0.39 is 11.5 Å². The van der Waals surface area contributed by atoms with Crippen LogP contribution < -0.4 is 15.5 Å². The van der Waals surface area contributed by atoms with E-state index in [0.717, 1.165) is 6.26 Å². The number of rotatable bonds is 2. The summed E-state index contributed by atoms with van der Waals surface area (Å²) < 4.78 is 9.49. The van der Waals surface area contributed by atoms with E-state index in [9.17, 15) is 9.59 Å². The first-order chi connectivity index (χ1) is 6.67. The highest BCUT2D eigenvalue weighted by atomic mass is 35.5. The molecule has 0 aliphatic rings. The van der Waals surface area contributed by atoms with Crippen molar-refractivity contribution in [2.24, 2.45) is 0 Å². The van der Waals surface area contributed by atoms with Crippen molar-refractivity contribution in [3.8, 4) is 5.75 Å². The molecule has 76 valence electrons. The summed E-state index contributed by atoms with van der Waals surface area (Å²) in [7, 11) is 1.39. The third-order valence-corrected chi connectivity index (χ3v) is 1.65. The second-order valence-corrected chi connectivity index (χ2v) is 2.62. The minimum Gasteiger partial charge on any atom is -0.464 e. The molecule has 0 unspecified atom stereocenters. The molecule has 1 N–H and O–H groups in total. The summed E-state index contributed by atoms with van der Waals surface area (Å²) in [6.45, 7) is 0. The van der Waals surface area contributed by atoms with Gasteiger partial charge < -0.3 is 14.5 Å². The van der Waals surface area contributed by atoms with Crippen LogP contribution in [0.25, 0.3) is 0 Å². The summed E-state index contributed by atoms with van der Waals surface area (Å²) in [6, 6.07) is 1.17. The van der Waals surface area contributed by atoms with E-state index in [1.54, 1.807) is 0 Å². The summed E-state index contributed by atoms with van der Waals surface area (Å²) in [5.41, 5.74) is -0.449. The molecule has 0 fully saturated rings. The van der Waals surface area contributed by atoms with Crippen LogP contribution in [0.2, 0.25) is 0 Å². The fraction of sp³-hybridized carbons (Fsp3) is 0.250. The van der Waals surface area contributed by atoms with Gasteiger partial charge in [-0.3, -0.25) is 4.79 Å². The number of nitrogens with one attached hydrogen (secondary N) is 1. The molecule has 1 amide bonds. The summed E-state index contributed by atoms with van der Waals surface area (Å²) in [5, 5.41) is 2.20. The molecule has 6 heteroatoms. The number of alkyl halides is 1. The fourth-order valence-corrected chi connectivity index (χ4v) is 0.874. The molecule has 0 atom stereocenters. The van der Waals surface area contributed by atoms with Crippen LogP contribution in [0.15, 0.2) is 21.5 Å². The van der Waals surface area contributed by atoms with Crippen molar-refractivity contribution in [1.82, 2.24) is 5.32 Å². The second-order valence-electron chi connectivity index (χ2n) is 2.35. The molecule has 5 nitrogen and oxygen atoms in total. The zero-order chi connectivity index (χ0) is 10.6. The van der Waals surface area contributed by atoms with Crippen molar-refractivity contribution in [3.05, 3.63) is 28.3 Å². The van der Waals surface area contributed by atoms with Crippen LogP contribution in [-0.2, 0) is 5.88 Å². The van der Waals surface area contributed by atoms with Gasteiger partial charge in [-0.1, -0.05) is 0 Å². The van der Waals surface area contributed by atoms with Gasteiger partial charge in [0.15, 0.2) is 0 Å². The molecule has 0 saturated carbocycles. The average Bonchev–Trinajstić information content (AvgIpc) is 2.20. The van der Waals surface area contributed by atoms with Crippen LogP contribution >= 0.6 is 11.6 Å². The van der Waals surface area contributed by atoms with Crippen LogP contribution in [0.4, 0.5) is 4.79 Å². The van der Waals surface area contributed by atoms with Crippen molar-refractivity contribution in [3.63, 3.8) is 0 Å². The van der Waals surface area contributed by atoms with Crippen molar-refractivity contribution in [2.75, 3.05) is 7.05 Å². The zero-order valence-corrected chi connectivity index (χ0v) is 8.13. The quantitative estimate of drug-likeness (QED) is 0.754. The Morgan fingerprint density at radius 1 is 1.71 bits per heavy atom. The lowest BCUT2D eigenvalue weighted by Crippen LogP contribution is -2.24. The normalized spacial score (nSPS) is 9.57. The second kappa shape index (κ2) is 4.66. The van der Waals surface area contributed by atoms with Crippen molar-refractivity contribution < 1.29 is 13.9 Å². The first kappa shape index (κ1) is 10.6. The van der Waals surface area contributed by atoms with Gasteiger partial charge in [-0.15, -0.1) is 11.6 Å². The Morgan fingerprint density at radius 3 is 2.93 bits per heavy atom. The summed E-state index contributed by atoms with van der Waals surface area (Å²) in [4.78, 5) is 22.0. The fourth-order valence-electron chi connectivity index (χ4n) is 0.734. The molecule has 0 bridgehead atoms. The van der Waals surface area contributed by atoms with E-state index in [1.807, 2.05) is 0 Å². The lowest BCUT2D eigenvalue weighted by Gasteiger charge is -2.01. The smallest absolute Gasteiger partial charge is 0.412 e. The predicted molar refractivity (Wildman–Crippen MR) is 49.6 cm³/mol. The Hall–Kier alpha value is -1.49. The monoisotopic (exact) mass is 217 g/mol. The average molecular weight is 218 g/mol. The Labute approximate surface area is 84.6 Å². The maximum atomic E-state index is 11.2. The highest BCUT2D eigenvalue weighted by Crippen LogP contribution is 2.07. The predicted octanol–water partition coefficient (Wildman–Crippen LogP) is 1.10. The molecule has 1 rings (SSSR count). The van der Waals surface area contributed by atoms with E-state index >= 15 is 0 Å². The Balaban J connectivity index is 2.89. The van der Waals surface area contributed by atoms with Crippen LogP contribution in [0, 0.1) is 0 Å². The molecule has 1 heterocycles. The number of halogens is 1. The van der Waals surface area contributed by atoms with Gasteiger partial charge in [0.2, 0.25) is 11.2 Å². The molecular weight excluding hydrogens is 210 g/mol. The first-order valence-corrected chi connectivity index (χ1v) is 4.28. The van der Waals surface area contributed by atoms with E-state index in [-0.39, 0.29) is 11.6 Å². The number of carbonyl (C=O) groups is 1. The zero-order valence-electron chi connectivity index (χ0n) is 7.37. The number of amides is 1. The largest absolute Gasteiger partial charge is 0.464 e. The minimum atomic E-state index is -0.726. The van der Waals surface area contributed by atoms with E-state index in [2.05, 4.69) is 10.1 Å². The Morgan fingerprint density at radius 2 is 2.43 bits per heavy atom. The highest BCUT2D eigenvalue weighted by molar-refractivity contribution is 6.16. The van der Waals surface area contributed by atoms with Gasteiger partial charge in [-0.05, 0) is 0 Å². The number of hydrogen-bond acceptors (Lipinski definition) is 4. The summed E-state index contributed by atoms with van der Waals surface area (Å²) in [6.07, 6.45) is 0.325. The van der Waals surface area contributed by atoms with Gasteiger partial charge >= 0.3 is 6.09 Å². The van der Waals surface area contributed by atoms with Crippen molar-refractivity contribution in [1.29, 1.82) is 0 Å². The van der Waals surface area contributed by atoms with Gasteiger partial charge in [-0.25, -0.2) is 4.79 Å². The number of carbonyl (C=O) groups excluding carboxylic acids is 1. The van der Waals surface area contributed by atoms with Gasteiger partial charge in [0, 0.05) is 13.1 Å². The van der Waals surface area contributed by atoms with Gasteiger partial charge in [-0.2, -0.15) is 0 Å². The summed E-state index contributed by atoms with van der Waals surface area (Å²) >= 11 is 5.43. The molecule has 1 aromatic rings. The van der Waals surface area contributed by atoms with Crippen LogP contribution in [0.3, 0.4) is 0 Å². The molecule has 0 aliphatic heterocycles. The Kier molecular flexibility index (Phi) is 3.53. The van der Waals surface area contributed by atoms with Crippen molar-refractivity contribution >= 4 is 17.7 Å². The molecule has 0 aromatic carbocycles. The Bertz CT molecular complexity index is 387. The van der Waals surface area contributed by atoms with Crippen LogP contribution in [0.5, 0.6) is 5.75 Å². The van der Waals surface area contributed by atoms with E-state index in [1.165, 1.54) is 13.1 Å². The molecule has 0 radical (unpaired) electrons. The van der Waals surface area contributed by atoms with E-state index in [0.29, 0.717) is 5.76 Å². The maximum absolute atomic E-state index is 11.2. The first-order valence-electron chi connectivity index (χ1n) is 3.74. The summed E-state index contributed by atoms with van der Waals surface area (Å²) in [5.74, 6) is 0.245. The molecular formula is C8H8ClNO4. The van der Waals surface area contributed by atoms with Gasteiger partial charge in [0.05, 0.1) is 5.88 Å². The number of ether oxygens (including phenoxy) is 1. The molecule has 14 heavy (non-hydrogen) atoms. The van der Waals surface area contributed by atoms with Gasteiger partial charge in [0.25, 0.3) is 0 Å². The minimum absolute atomic E-state index is 0.0928. The number of hydrogen-bond donors (Lipinski definition) is 1. The highest BCUT2D eigenvalue weighted by Gasteiger charge is 2.07. The maximum Gasteiger partial charge on any atom is 0.412 e. The lowest BCUT2D eigenvalue weighted by atomic mass is 10.4. The van der Waals surface area contributed by atoms with Crippen LogP contribution in [0.1, 0.15) is 5.76 Å².